The van der Waals surface area contributed by atoms with Gasteiger partial charge in [-0.3, -0.25) is 4.79 Å². The molecular formula is C14H28N2O2. The van der Waals surface area contributed by atoms with Crippen molar-refractivity contribution in [3.63, 3.8) is 0 Å². The lowest BCUT2D eigenvalue weighted by Crippen LogP contribution is -2.40. The minimum absolute atomic E-state index is 0.0182. The molecule has 4 nitrogen and oxygen atoms in total. The van der Waals surface area contributed by atoms with Crippen molar-refractivity contribution in [1.82, 2.24) is 10.2 Å². The molecule has 0 aromatic heterocycles. The van der Waals surface area contributed by atoms with Gasteiger partial charge in [0.1, 0.15) is 6.61 Å². The first kappa shape index (κ1) is 15.4. The minimum atomic E-state index is -0.250. The second kappa shape index (κ2) is 7.10. The summed E-state index contributed by atoms with van der Waals surface area (Å²) in [7, 11) is 0. The number of piperidine rings is 1. The maximum Gasteiger partial charge on any atom is 0.246 e. The maximum atomic E-state index is 11.5. The Bertz CT molecular complexity index is 253. The van der Waals surface area contributed by atoms with Crippen molar-refractivity contribution >= 4 is 5.91 Å². The molecule has 4 heteroatoms. The summed E-state index contributed by atoms with van der Waals surface area (Å²) in [6, 6.07) is 0. The topological polar surface area (TPSA) is 41.6 Å². The van der Waals surface area contributed by atoms with Gasteiger partial charge in [0, 0.05) is 13.1 Å². The molecule has 0 unspecified atom stereocenters. The zero-order valence-corrected chi connectivity index (χ0v) is 12.3. The molecule has 1 aliphatic rings. The molecule has 1 N–H and O–H groups in total. The van der Waals surface area contributed by atoms with E-state index < -0.39 is 0 Å². The van der Waals surface area contributed by atoms with Crippen LogP contribution in [0.4, 0.5) is 0 Å². The van der Waals surface area contributed by atoms with Gasteiger partial charge < -0.3 is 15.0 Å². The third-order valence-corrected chi connectivity index (χ3v) is 3.26. The fraction of sp³-hybridized carbons (Fsp3) is 0.929. The lowest BCUT2D eigenvalue weighted by atomic mass is 9.99. The monoisotopic (exact) mass is 256 g/mol. The zero-order chi connectivity index (χ0) is 13.6. The summed E-state index contributed by atoms with van der Waals surface area (Å²) >= 11 is 0. The molecule has 106 valence electrons. The molecule has 0 saturated carbocycles. The van der Waals surface area contributed by atoms with Gasteiger partial charge in [-0.25, -0.2) is 0 Å². The largest absolute Gasteiger partial charge is 0.366 e. The lowest BCUT2D eigenvalue weighted by Gasteiger charge is -2.30. The summed E-state index contributed by atoms with van der Waals surface area (Å²) in [6.45, 7) is 12.3. The van der Waals surface area contributed by atoms with Crippen molar-refractivity contribution in [3.05, 3.63) is 0 Å². The molecular weight excluding hydrogens is 228 g/mol. The van der Waals surface area contributed by atoms with Gasteiger partial charge in [-0.05, 0) is 52.6 Å². The van der Waals surface area contributed by atoms with E-state index in [-0.39, 0.29) is 18.1 Å². The first-order valence-corrected chi connectivity index (χ1v) is 7.00. The highest BCUT2D eigenvalue weighted by Gasteiger charge is 2.16. The summed E-state index contributed by atoms with van der Waals surface area (Å²) in [4.78, 5) is 14.0. The van der Waals surface area contributed by atoms with E-state index in [1.165, 1.54) is 12.8 Å². The van der Waals surface area contributed by atoms with E-state index in [1.54, 1.807) is 0 Å². The zero-order valence-electron chi connectivity index (χ0n) is 12.3. The van der Waals surface area contributed by atoms with Crippen LogP contribution in [-0.4, -0.2) is 49.2 Å². The Morgan fingerprint density at radius 2 is 1.94 bits per heavy atom. The summed E-state index contributed by atoms with van der Waals surface area (Å²) in [6.07, 6.45) is 2.56. The molecule has 0 aliphatic carbocycles. The number of carbonyl (C=O) groups excluding carboxylic acids is 1. The van der Waals surface area contributed by atoms with Crippen LogP contribution in [-0.2, 0) is 9.53 Å². The normalized spacial score (nSPS) is 18.9. The van der Waals surface area contributed by atoms with Crippen molar-refractivity contribution in [3.8, 4) is 0 Å². The van der Waals surface area contributed by atoms with Crippen molar-refractivity contribution in [2.24, 2.45) is 5.92 Å². The summed E-state index contributed by atoms with van der Waals surface area (Å²) < 4.78 is 5.42. The number of nitrogens with zero attached hydrogens (tertiary/aromatic N) is 1. The Morgan fingerprint density at radius 1 is 1.33 bits per heavy atom. The third kappa shape index (κ3) is 6.97. The first-order valence-electron chi connectivity index (χ1n) is 7.00. The molecule has 1 fully saturated rings. The molecule has 0 aromatic rings. The Morgan fingerprint density at radius 3 is 2.50 bits per heavy atom. The van der Waals surface area contributed by atoms with Gasteiger partial charge >= 0.3 is 0 Å². The first-order chi connectivity index (χ1) is 8.37. The number of likely N-dealkylation sites (tertiary alicyclic amines) is 1. The average Bonchev–Trinajstić information content (AvgIpc) is 2.28. The highest BCUT2D eigenvalue weighted by atomic mass is 16.5. The molecule has 1 heterocycles. The van der Waals surface area contributed by atoms with Crippen LogP contribution in [0.3, 0.4) is 0 Å². The number of nitrogens with one attached hydrogen (secondary N) is 1. The van der Waals surface area contributed by atoms with Gasteiger partial charge in [0.15, 0.2) is 0 Å². The second-order valence-electron chi connectivity index (χ2n) is 6.28. The molecule has 0 aromatic carbocycles. The van der Waals surface area contributed by atoms with Crippen molar-refractivity contribution in [1.29, 1.82) is 0 Å². The Hall–Kier alpha value is -0.610. The highest BCUT2D eigenvalue weighted by molar-refractivity contribution is 5.77. The van der Waals surface area contributed by atoms with E-state index in [0.717, 1.165) is 32.1 Å². The van der Waals surface area contributed by atoms with Crippen LogP contribution in [0, 0.1) is 5.92 Å². The standard InChI is InChI=1S/C14H28N2O2/c1-12-5-8-16(9-6-12)10-7-15-13(17)11-18-14(2,3)4/h12H,5-11H2,1-4H3,(H,15,17). The van der Waals surface area contributed by atoms with Crippen LogP contribution in [0.25, 0.3) is 0 Å². The minimum Gasteiger partial charge on any atom is -0.366 e. The molecule has 0 atom stereocenters. The predicted octanol–water partition coefficient (Wildman–Crippen LogP) is 1.65. The van der Waals surface area contributed by atoms with E-state index in [9.17, 15) is 4.79 Å². The summed E-state index contributed by atoms with van der Waals surface area (Å²) in [5.41, 5.74) is -0.250. The van der Waals surface area contributed by atoms with E-state index in [1.807, 2.05) is 20.8 Å². The maximum absolute atomic E-state index is 11.5. The highest BCUT2D eigenvalue weighted by Crippen LogP contribution is 2.15. The van der Waals surface area contributed by atoms with E-state index in [0.29, 0.717) is 0 Å². The van der Waals surface area contributed by atoms with Crippen LogP contribution in [0.2, 0.25) is 0 Å². The Labute approximate surface area is 111 Å². The Kier molecular flexibility index (Phi) is 6.09. The fourth-order valence-corrected chi connectivity index (χ4v) is 1.97. The quantitative estimate of drug-likeness (QED) is 0.813. The number of hydrogen-bond donors (Lipinski definition) is 1. The molecule has 1 saturated heterocycles. The fourth-order valence-electron chi connectivity index (χ4n) is 1.97. The third-order valence-electron chi connectivity index (χ3n) is 3.26. The molecule has 18 heavy (non-hydrogen) atoms. The van der Waals surface area contributed by atoms with Crippen molar-refractivity contribution in [2.75, 3.05) is 32.8 Å². The van der Waals surface area contributed by atoms with E-state index >= 15 is 0 Å². The van der Waals surface area contributed by atoms with E-state index in [2.05, 4.69) is 17.1 Å². The lowest BCUT2D eigenvalue weighted by molar-refractivity contribution is -0.130. The van der Waals surface area contributed by atoms with Crippen LogP contribution in [0.15, 0.2) is 0 Å². The number of hydrogen-bond acceptors (Lipinski definition) is 3. The Balaban J connectivity index is 2.05. The van der Waals surface area contributed by atoms with Crippen molar-refractivity contribution < 1.29 is 9.53 Å². The number of amides is 1. The second-order valence-corrected chi connectivity index (χ2v) is 6.28. The SMILES string of the molecule is CC1CCN(CCNC(=O)COC(C)(C)C)CC1. The van der Waals surface area contributed by atoms with Gasteiger partial charge in [-0.1, -0.05) is 6.92 Å². The molecule has 0 radical (unpaired) electrons. The molecule has 0 spiro atoms. The van der Waals surface area contributed by atoms with Gasteiger partial charge in [0.2, 0.25) is 5.91 Å². The van der Waals surface area contributed by atoms with E-state index in [4.69, 9.17) is 4.74 Å². The van der Waals surface area contributed by atoms with Gasteiger partial charge in [-0.2, -0.15) is 0 Å². The van der Waals surface area contributed by atoms with Crippen LogP contribution in [0.5, 0.6) is 0 Å². The smallest absolute Gasteiger partial charge is 0.246 e. The molecule has 1 amide bonds. The van der Waals surface area contributed by atoms with Crippen molar-refractivity contribution in [2.45, 2.75) is 46.1 Å². The average molecular weight is 256 g/mol. The molecule has 1 rings (SSSR count). The molecule has 1 aliphatic heterocycles. The number of carbonyl (C=O) groups is 1. The summed E-state index contributed by atoms with van der Waals surface area (Å²) in [5.74, 6) is 0.839. The number of ether oxygens (including phenoxy) is 1. The predicted molar refractivity (Wildman–Crippen MR) is 73.6 cm³/mol. The molecule has 0 bridgehead atoms. The van der Waals surface area contributed by atoms with Gasteiger partial charge in [0.05, 0.1) is 5.60 Å². The summed E-state index contributed by atoms with van der Waals surface area (Å²) in [5, 5.41) is 2.91. The van der Waals surface area contributed by atoms with Crippen LogP contribution in [0.1, 0.15) is 40.5 Å². The van der Waals surface area contributed by atoms with Gasteiger partial charge in [-0.15, -0.1) is 0 Å². The van der Waals surface area contributed by atoms with Crippen LogP contribution >= 0.6 is 0 Å². The van der Waals surface area contributed by atoms with Gasteiger partial charge in [0.25, 0.3) is 0 Å². The van der Waals surface area contributed by atoms with Crippen LogP contribution < -0.4 is 5.32 Å². The number of rotatable bonds is 5.